The van der Waals surface area contributed by atoms with Gasteiger partial charge < -0.3 is 34.3 Å². The van der Waals surface area contributed by atoms with Crippen molar-refractivity contribution in [3.05, 3.63) is 131 Å². The number of carbonyl (C=O) groups is 2. The number of rotatable bonds is 5. The number of aromatic amines is 1. The Bertz CT molecular complexity index is 2730. The lowest BCUT2D eigenvalue weighted by atomic mass is 9.72. The zero-order chi connectivity index (χ0) is 37.2. The fourth-order valence-corrected chi connectivity index (χ4v) is 9.15. The molecule has 4 aliphatic heterocycles. The average molecular weight is 730 g/mol. The second-order valence-corrected chi connectivity index (χ2v) is 15.3. The van der Waals surface area contributed by atoms with E-state index in [4.69, 9.17) is 23.5 Å². The molecule has 1 spiro atoms. The van der Waals surface area contributed by atoms with Gasteiger partial charge in [0.1, 0.15) is 23.3 Å². The number of Topliss-reactive ketones (excluding diaryl/α,β-unsaturated/α-hetero) is 1. The predicted octanol–water partition coefficient (Wildman–Crippen LogP) is 7.62. The highest BCUT2D eigenvalue weighted by molar-refractivity contribution is 6.07. The minimum absolute atomic E-state index is 0.163. The van der Waals surface area contributed by atoms with Crippen LogP contribution in [-0.4, -0.2) is 38.0 Å². The summed E-state index contributed by atoms with van der Waals surface area (Å²) < 4.78 is 20.5. The van der Waals surface area contributed by atoms with E-state index >= 15 is 0 Å². The van der Waals surface area contributed by atoms with Crippen molar-refractivity contribution in [2.75, 3.05) is 5.32 Å². The Balaban J connectivity index is 1.16. The summed E-state index contributed by atoms with van der Waals surface area (Å²) in [5, 5.41) is 19.0. The van der Waals surface area contributed by atoms with Gasteiger partial charge in [-0.2, -0.15) is 0 Å². The van der Waals surface area contributed by atoms with Crippen LogP contribution in [-0.2, 0) is 21.4 Å². The number of oxazole rings is 2. The van der Waals surface area contributed by atoms with Gasteiger partial charge >= 0.3 is 0 Å². The van der Waals surface area contributed by atoms with Crippen LogP contribution in [0.5, 0.6) is 5.75 Å². The van der Waals surface area contributed by atoms with Crippen LogP contribution >= 0.6 is 0 Å². The van der Waals surface area contributed by atoms with Gasteiger partial charge in [-0.05, 0) is 41.2 Å². The maximum absolute atomic E-state index is 14.4. The maximum Gasteiger partial charge on any atom is 0.249 e. The largest absolute Gasteiger partial charge is 0.469 e. The number of anilines is 1. The fourth-order valence-electron chi connectivity index (χ4n) is 9.15. The van der Waals surface area contributed by atoms with E-state index in [2.05, 4.69) is 45.9 Å². The number of aliphatic hydroxyl groups is 1. The molecule has 1 amide bonds. The topological polar surface area (TPSA) is 156 Å². The molecule has 0 saturated carbocycles. The van der Waals surface area contributed by atoms with Crippen molar-refractivity contribution >= 4 is 28.3 Å². The Morgan fingerprint density at radius 1 is 0.945 bits per heavy atom. The van der Waals surface area contributed by atoms with Crippen LogP contribution in [0.25, 0.3) is 44.9 Å². The summed E-state index contributed by atoms with van der Waals surface area (Å²) in [5.41, 5.74) is 7.19. The molecule has 4 N–H and O–H groups in total. The minimum atomic E-state index is -1.36. The number of aliphatic hydroxyl groups excluding tert-OH is 1. The number of H-pyrrole nitrogens is 1. The number of para-hydroxylation sites is 1. The number of ether oxygens (including phenoxy) is 1. The third-order valence-electron chi connectivity index (χ3n) is 11.8. The highest BCUT2D eigenvalue weighted by Crippen LogP contribution is 2.61. The van der Waals surface area contributed by atoms with E-state index in [9.17, 15) is 14.7 Å². The van der Waals surface area contributed by atoms with Crippen LogP contribution in [0.15, 0.2) is 106 Å². The molecule has 11 heteroatoms. The van der Waals surface area contributed by atoms with Gasteiger partial charge in [-0.3, -0.25) is 9.59 Å². The SMILES string of the molecule is CC(C)[C@@H]1NC(=O)[C@@H](CC(=O)[C@@H](O)c2ccccc2)Cc2ccc3c(c2)C24c5cccc(c5N[C@H]2O3)-c2cccc3[nH]cc(c23)-c2cnc(o2)-c2nc1oc24. The van der Waals surface area contributed by atoms with E-state index in [1.165, 1.54) is 0 Å². The predicted molar refractivity (Wildman–Crippen MR) is 203 cm³/mol. The number of hydrogen-bond donors (Lipinski definition) is 4. The highest BCUT2D eigenvalue weighted by atomic mass is 16.5. The molecular weight excluding hydrogens is 695 g/mol. The summed E-state index contributed by atoms with van der Waals surface area (Å²) in [7, 11) is 0. The molecule has 4 aromatic carbocycles. The molecule has 3 aromatic heterocycles. The normalized spacial score (nSPS) is 21.9. The summed E-state index contributed by atoms with van der Waals surface area (Å²) in [6, 6.07) is 26.5. The Labute approximate surface area is 314 Å². The molecule has 11 nitrogen and oxygen atoms in total. The average Bonchev–Trinajstić information content (AvgIpc) is 4.02. The molecule has 10 bridgehead atoms. The van der Waals surface area contributed by atoms with Crippen molar-refractivity contribution in [3.63, 3.8) is 0 Å². The zero-order valence-electron chi connectivity index (χ0n) is 29.9. The molecule has 4 aliphatic rings. The van der Waals surface area contributed by atoms with Crippen LogP contribution in [0.1, 0.15) is 66.3 Å². The van der Waals surface area contributed by atoms with E-state index in [1.54, 1.807) is 30.5 Å². The number of aromatic nitrogens is 3. The van der Waals surface area contributed by atoms with E-state index in [0.29, 0.717) is 28.5 Å². The van der Waals surface area contributed by atoms with Crippen LogP contribution < -0.4 is 15.4 Å². The number of fused-ring (bicyclic) bond motifs is 7. The Hall–Kier alpha value is -6.46. The Kier molecular flexibility index (Phi) is 6.71. The number of nitrogens with zero attached hydrogens (tertiary/aromatic N) is 2. The smallest absolute Gasteiger partial charge is 0.249 e. The van der Waals surface area contributed by atoms with Crippen molar-refractivity contribution in [2.45, 2.75) is 50.5 Å². The Morgan fingerprint density at radius 3 is 2.64 bits per heavy atom. The number of benzene rings is 4. The molecule has 11 rings (SSSR count). The van der Waals surface area contributed by atoms with Crippen LogP contribution in [0.2, 0.25) is 0 Å². The van der Waals surface area contributed by atoms with E-state index in [-0.39, 0.29) is 36.4 Å². The number of hydrogen-bond acceptors (Lipinski definition) is 9. The van der Waals surface area contributed by atoms with Crippen LogP contribution in [0, 0.1) is 11.8 Å². The zero-order valence-corrected chi connectivity index (χ0v) is 29.9. The Morgan fingerprint density at radius 2 is 1.78 bits per heavy atom. The van der Waals surface area contributed by atoms with Crippen molar-refractivity contribution < 1.29 is 28.3 Å². The number of ketones is 1. The third-order valence-corrected chi connectivity index (χ3v) is 11.8. The summed E-state index contributed by atoms with van der Waals surface area (Å²) in [5.74, 6) is 0.544. The lowest BCUT2D eigenvalue weighted by molar-refractivity contribution is -0.134. The fraction of sp³-hybridized carbons (Fsp3) is 0.227. The van der Waals surface area contributed by atoms with Crippen molar-refractivity contribution in [2.24, 2.45) is 11.8 Å². The lowest BCUT2D eigenvalue weighted by Crippen LogP contribution is -2.40. The van der Waals surface area contributed by atoms with Gasteiger partial charge in [0.2, 0.25) is 17.7 Å². The molecule has 0 radical (unpaired) electrons. The summed E-state index contributed by atoms with van der Waals surface area (Å²) >= 11 is 0. The van der Waals surface area contributed by atoms with Crippen molar-refractivity contribution in [1.82, 2.24) is 20.3 Å². The molecule has 0 saturated heterocycles. The number of carbonyl (C=O) groups excluding carboxylic acids is 2. The summed E-state index contributed by atoms with van der Waals surface area (Å²) in [6.45, 7) is 3.97. The number of nitrogens with one attached hydrogen (secondary N) is 3. The second kappa shape index (κ2) is 11.5. The van der Waals surface area contributed by atoms with Crippen LogP contribution in [0.4, 0.5) is 5.69 Å². The molecule has 7 heterocycles. The third kappa shape index (κ3) is 4.47. The highest BCUT2D eigenvalue weighted by Gasteiger charge is 2.61. The first-order valence-corrected chi connectivity index (χ1v) is 18.6. The van der Waals surface area contributed by atoms with Gasteiger partial charge in [-0.1, -0.05) is 86.6 Å². The minimum Gasteiger partial charge on any atom is -0.469 e. The second-order valence-electron chi connectivity index (χ2n) is 15.3. The quantitative estimate of drug-likeness (QED) is 0.140. The van der Waals surface area contributed by atoms with Crippen LogP contribution in [0.3, 0.4) is 0 Å². The molecule has 5 atom stereocenters. The molecule has 1 unspecified atom stereocenters. The van der Waals surface area contributed by atoms with Gasteiger partial charge in [-0.25, -0.2) is 9.97 Å². The van der Waals surface area contributed by atoms with E-state index in [1.807, 2.05) is 50.4 Å². The lowest BCUT2D eigenvalue weighted by Gasteiger charge is -2.28. The van der Waals surface area contributed by atoms with Gasteiger partial charge in [0.05, 0.1) is 6.20 Å². The van der Waals surface area contributed by atoms with Gasteiger partial charge in [0.25, 0.3) is 0 Å². The van der Waals surface area contributed by atoms with Gasteiger partial charge in [0, 0.05) is 57.4 Å². The molecule has 7 aromatic rings. The van der Waals surface area contributed by atoms with E-state index < -0.39 is 35.5 Å². The summed E-state index contributed by atoms with van der Waals surface area (Å²) in [6.07, 6.45) is 1.73. The van der Waals surface area contributed by atoms with Gasteiger partial charge in [-0.15, -0.1) is 0 Å². The first-order valence-electron chi connectivity index (χ1n) is 18.6. The first kappa shape index (κ1) is 32.0. The van der Waals surface area contributed by atoms with Gasteiger partial charge in [0.15, 0.2) is 29.2 Å². The molecule has 0 fully saturated rings. The monoisotopic (exact) mass is 729 g/mol. The standard InChI is InChI=1S/C44H35N5O6/c1-21(2)35-42-48-37-39(55-42)44-28-12-6-11-26(25-10-7-13-30-34(25)27(19-45-30)33-20-46-41(37)53-33)36(28)49-43(44)54-32-15-14-22(17-29(32)44)16-24(40(52)47-35)18-31(50)38(51)23-8-4-3-5-9-23/h3-15,17,19-21,24,35,38,43,45,49,51H,16,18H2,1-2H3,(H,47,52)/t24-,35+,38+,43+,44?/m1/s1. The molecular formula is C44H35N5O6. The van der Waals surface area contributed by atoms with Crippen molar-refractivity contribution in [1.29, 1.82) is 0 Å². The summed E-state index contributed by atoms with van der Waals surface area (Å²) in [4.78, 5) is 41.4. The number of amides is 1. The maximum atomic E-state index is 14.4. The van der Waals surface area contributed by atoms with E-state index in [0.717, 1.165) is 50.0 Å². The molecule has 272 valence electrons. The molecule has 55 heavy (non-hydrogen) atoms. The van der Waals surface area contributed by atoms with Crippen molar-refractivity contribution in [3.8, 4) is 39.8 Å². The molecule has 0 aliphatic carbocycles. The first-order chi connectivity index (χ1) is 26.8.